The third kappa shape index (κ3) is 3.40. The van der Waals surface area contributed by atoms with E-state index in [0.29, 0.717) is 12.3 Å². The topological polar surface area (TPSA) is 92.2 Å². The first-order chi connectivity index (χ1) is 6.72. The van der Waals surface area contributed by atoms with E-state index in [1.807, 2.05) is 0 Å². The van der Waals surface area contributed by atoms with Crippen molar-refractivity contribution in [1.29, 1.82) is 5.41 Å². The van der Waals surface area contributed by atoms with Gasteiger partial charge in [0.2, 0.25) is 5.88 Å². The summed E-state index contributed by atoms with van der Waals surface area (Å²) in [5, 5.41) is 15.6. The van der Waals surface area contributed by atoms with Gasteiger partial charge in [-0.05, 0) is 5.56 Å². The maximum Gasteiger partial charge on any atom is 0.213 e. The molecule has 14 heavy (non-hydrogen) atoms. The zero-order valence-electron chi connectivity index (χ0n) is 7.73. The molecule has 0 saturated heterocycles. The maximum atomic E-state index is 8.50. The fourth-order valence-electron chi connectivity index (χ4n) is 0.971. The van der Waals surface area contributed by atoms with Crippen LogP contribution in [0.2, 0.25) is 0 Å². The Labute approximate surface area is 82.0 Å². The molecule has 0 aliphatic heterocycles. The lowest BCUT2D eigenvalue weighted by molar-refractivity contribution is 0.196. The normalized spacial score (nSPS) is 9.79. The van der Waals surface area contributed by atoms with Gasteiger partial charge in [-0.2, -0.15) is 0 Å². The molecule has 0 atom stereocenters. The fraction of sp³-hybridized carbons (Fsp3) is 0.333. The van der Waals surface area contributed by atoms with Crippen LogP contribution in [-0.4, -0.2) is 29.1 Å². The molecule has 5 heteroatoms. The van der Waals surface area contributed by atoms with Crippen molar-refractivity contribution in [2.24, 2.45) is 5.73 Å². The number of rotatable bonds is 5. The van der Waals surface area contributed by atoms with E-state index >= 15 is 0 Å². The van der Waals surface area contributed by atoms with Crippen molar-refractivity contribution in [2.45, 2.75) is 6.42 Å². The summed E-state index contributed by atoms with van der Waals surface area (Å²) in [5.41, 5.74) is 6.10. The second-order valence-corrected chi connectivity index (χ2v) is 2.78. The first-order valence-electron chi connectivity index (χ1n) is 4.24. The van der Waals surface area contributed by atoms with E-state index in [-0.39, 0.29) is 19.0 Å². The minimum Gasteiger partial charge on any atom is -0.475 e. The molecule has 0 fully saturated rings. The van der Waals surface area contributed by atoms with Crippen LogP contribution in [-0.2, 0) is 6.42 Å². The Morgan fingerprint density at radius 1 is 1.57 bits per heavy atom. The zero-order valence-corrected chi connectivity index (χ0v) is 7.73. The Balaban J connectivity index is 2.54. The first kappa shape index (κ1) is 10.5. The summed E-state index contributed by atoms with van der Waals surface area (Å²) in [6.45, 7) is 0.204. The number of nitrogens with two attached hydrogens (primary N) is 1. The number of aromatic nitrogens is 1. The van der Waals surface area contributed by atoms with Crippen molar-refractivity contribution < 1.29 is 9.84 Å². The van der Waals surface area contributed by atoms with E-state index < -0.39 is 0 Å². The van der Waals surface area contributed by atoms with Crippen LogP contribution in [0.15, 0.2) is 18.3 Å². The maximum absolute atomic E-state index is 8.50. The minimum atomic E-state index is -0.0309. The van der Waals surface area contributed by atoms with Crippen molar-refractivity contribution in [3.63, 3.8) is 0 Å². The summed E-state index contributed by atoms with van der Waals surface area (Å²) >= 11 is 0. The molecule has 0 aromatic carbocycles. The van der Waals surface area contributed by atoms with Crippen LogP contribution in [0.5, 0.6) is 5.88 Å². The lowest BCUT2D eigenvalue weighted by Crippen LogP contribution is -2.12. The predicted molar refractivity (Wildman–Crippen MR) is 52.4 cm³/mol. The van der Waals surface area contributed by atoms with Gasteiger partial charge >= 0.3 is 0 Å². The Morgan fingerprint density at radius 3 is 2.86 bits per heavy atom. The summed E-state index contributed by atoms with van der Waals surface area (Å²) in [5.74, 6) is 0.571. The molecule has 0 radical (unpaired) electrons. The number of aliphatic hydroxyl groups is 1. The second kappa shape index (κ2) is 5.18. The van der Waals surface area contributed by atoms with Gasteiger partial charge in [-0.25, -0.2) is 4.98 Å². The quantitative estimate of drug-likeness (QED) is 0.453. The highest BCUT2D eigenvalue weighted by Gasteiger charge is 1.97. The highest BCUT2D eigenvalue weighted by molar-refractivity contribution is 5.79. The molecule has 0 aliphatic carbocycles. The summed E-state index contributed by atoms with van der Waals surface area (Å²) < 4.78 is 5.07. The number of nitrogens with one attached hydrogen (secondary N) is 1. The van der Waals surface area contributed by atoms with E-state index in [1.165, 1.54) is 0 Å². The summed E-state index contributed by atoms with van der Waals surface area (Å²) in [7, 11) is 0. The molecule has 5 nitrogen and oxygen atoms in total. The monoisotopic (exact) mass is 195 g/mol. The van der Waals surface area contributed by atoms with Crippen LogP contribution in [0.25, 0.3) is 0 Å². The molecule has 76 valence electrons. The predicted octanol–water partition coefficient (Wildman–Crippen LogP) is -0.0688. The second-order valence-electron chi connectivity index (χ2n) is 2.78. The molecule has 0 bridgehead atoms. The largest absolute Gasteiger partial charge is 0.475 e. The van der Waals surface area contributed by atoms with E-state index in [0.717, 1.165) is 5.56 Å². The third-order valence-electron chi connectivity index (χ3n) is 1.53. The summed E-state index contributed by atoms with van der Waals surface area (Å²) in [4.78, 5) is 3.98. The smallest absolute Gasteiger partial charge is 0.213 e. The van der Waals surface area contributed by atoms with Gasteiger partial charge in [-0.1, -0.05) is 6.07 Å². The molecule has 1 rings (SSSR count). The number of nitrogens with zero attached hydrogens (tertiary/aromatic N) is 1. The first-order valence-corrected chi connectivity index (χ1v) is 4.24. The number of pyridine rings is 1. The van der Waals surface area contributed by atoms with Gasteiger partial charge in [0.05, 0.1) is 12.4 Å². The molecule has 1 aromatic rings. The molecule has 0 saturated carbocycles. The lowest BCUT2D eigenvalue weighted by Gasteiger charge is -2.03. The standard InChI is InChI=1S/C9H13N3O2/c10-8(11)5-7-1-2-9(12-6-7)14-4-3-13/h1-2,6,13H,3-5H2,(H3,10,11). The van der Waals surface area contributed by atoms with E-state index in [9.17, 15) is 0 Å². The number of aliphatic hydroxyl groups excluding tert-OH is 1. The number of ether oxygens (including phenoxy) is 1. The molecular weight excluding hydrogens is 182 g/mol. The Kier molecular flexibility index (Phi) is 3.87. The SMILES string of the molecule is N=C(N)Cc1ccc(OCCO)nc1. The Bertz CT molecular complexity index is 297. The molecule has 4 N–H and O–H groups in total. The van der Waals surface area contributed by atoms with E-state index in [1.54, 1.807) is 18.3 Å². The average molecular weight is 195 g/mol. The molecule has 0 spiro atoms. The van der Waals surface area contributed by atoms with Crippen LogP contribution < -0.4 is 10.5 Å². The van der Waals surface area contributed by atoms with Crippen LogP contribution in [0, 0.1) is 5.41 Å². The Morgan fingerprint density at radius 2 is 2.36 bits per heavy atom. The van der Waals surface area contributed by atoms with Crippen molar-refractivity contribution in [3.8, 4) is 5.88 Å². The van der Waals surface area contributed by atoms with Gasteiger partial charge in [0, 0.05) is 18.7 Å². The number of amidine groups is 1. The summed E-state index contributed by atoms with van der Waals surface area (Å²) in [6, 6.07) is 3.48. The van der Waals surface area contributed by atoms with Crippen molar-refractivity contribution >= 4 is 5.84 Å². The molecule has 1 aromatic heterocycles. The third-order valence-corrected chi connectivity index (χ3v) is 1.53. The molecule has 0 amide bonds. The van der Waals surface area contributed by atoms with E-state index in [2.05, 4.69) is 4.98 Å². The average Bonchev–Trinajstić information content (AvgIpc) is 2.16. The van der Waals surface area contributed by atoms with Gasteiger partial charge in [-0.15, -0.1) is 0 Å². The van der Waals surface area contributed by atoms with Crippen LogP contribution >= 0.6 is 0 Å². The molecule has 0 unspecified atom stereocenters. The van der Waals surface area contributed by atoms with Crippen molar-refractivity contribution in [1.82, 2.24) is 4.98 Å². The van der Waals surface area contributed by atoms with Crippen molar-refractivity contribution in [3.05, 3.63) is 23.9 Å². The molecule has 0 aliphatic rings. The van der Waals surface area contributed by atoms with Crippen molar-refractivity contribution in [2.75, 3.05) is 13.2 Å². The highest BCUT2D eigenvalue weighted by atomic mass is 16.5. The molecular formula is C9H13N3O2. The van der Waals surface area contributed by atoms with Gasteiger partial charge in [0.15, 0.2) is 0 Å². The van der Waals surface area contributed by atoms with Gasteiger partial charge in [0.25, 0.3) is 0 Å². The summed E-state index contributed by atoms with van der Waals surface area (Å²) in [6.07, 6.45) is 2.00. The van der Waals surface area contributed by atoms with Crippen LogP contribution in [0.1, 0.15) is 5.56 Å². The van der Waals surface area contributed by atoms with Gasteiger partial charge in [0.1, 0.15) is 6.61 Å². The minimum absolute atomic E-state index is 0.0309. The van der Waals surface area contributed by atoms with Crippen LogP contribution in [0.4, 0.5) is 0 Å². The number of hydrogen-bond donors (Lipinski definition) is 3. The lowest BCUT2D eigenvalue weighted by atomic mass is 10.2. The van der Waals surface area contributed by atoms with Gasteiger partial charge < -0.3 is 15.6 Å². The molecule has 1 heterocycles. The zero-order chi connectivity index (χ0) is 10.4. The van der Waals surface area contributed by atoms with E-state index in [4.69, 9.17) is 21.0 Å². The van der Waals surface area contributed by atoms with Gasteiger partial charge in [-0.3, -0.25) is 5.41 Å². The fourth-order valence-corrected chi connectivity index (χ4v) is 0.971. The van der Waals surface area contributed by atoms with Crippen LogP contribution in [0.3, 0.4) is 0 Å². The Hall–Kier alpha value is -1.62. The highest BCUT2D eigenvalue weighted by Crippen LogP contribution is 2.07. The number of hydrogen-bond acceptors (Lipinski definition) is 4.